The molecule has 3 heterocycles. The summed E-state index contributed by atoms with van der Waals surface area (Å²) in [6.45, 7) is 5.30. The minimum absolute atomic E-state index is 0.412. The Labute approximate surface area is 169 Å². The summed E-state index contributed by atoms with van der Waals surface area (Å²) in [5.74, 6) is 0.511. The Morgan fingerprint density at radius 3 is 2.72 bits per heavy atom. The number of methoxy groups -OCH3 is 1. The molecule has 4 aromatic rings. The maximum absolute atomic E-state index is 5.18. The summed E-state index contributed by atoms with van der Waals surface area (Å²) in [6.07, 6.45) is 6.63. The van der Waals surface area contributed by atoms with Gasteiger partial charge in [-0.3, -0.25) is 9.67 Å². The first kappa shape index (κ1) is 17.8. The van der Waals surface area contributed by atoms with Gasteiger partial charge in [-0.15, -0.1) is 10.2 Å². The fraction of sp³-hybridized carbons (Fsp3) is 0.304. The maximum atomic E-state index is 5.18. The summed E-state index contributed by atoms with van der Waals surface area (Å²) < 4.78 is 7.24. The van der Waals surface area contributed by atoms with Crippen LogP contribution < -0.4 is 4.74 Å². The normalized spacial score (nSPS) is 14.9. The third-order valence-electron chi connectivity index (χ3n) is 5.67. The van der Waals surface area contributed by atoms with E-state index in [0.717, 1.165) is 45.5 Å². The van der Waals surface area contributed by atoms with Crippen LogP contribution in [0.25, 0.3) is 33.3 Å². The molecule has 1 fully saturated rings. The van der Waals surface area contributed by atoms with E-state index in [9.17, 15) is 0 Å². The van der Waals surface area contributed by atoms with Gasteiger partial charge in [0.2, 0.25) is 5.88 Å². The Kier molecular flexibility index (Phi) is 4.08. The monoisotopic (exact) mass is 385 g/mol. The molecule has 146 valence electrons. The van der Waals surface area contributed by atoms with Gasteiger partial charge in [-0.05, 0) is 37.3 Å². The average Bonchev–Trinajstić information content (AvgIpc) is 3.28. The van der Waals surface area contributed by atoms with E-state index in [-0.39, 0.29) is 0 Å². The number of hydrogen-bond donors (Lipinski definition) is 0. The number of benzene rings is 1. The lowest BCUT2D eigenvalue weighted by molar-refractivity contribution is 0.393. The molecule has 1 saturated carbocycles. The van der Waals surface area contributed by atoms with Gasteiger partial charge in [0.1, 0.15) is 0 Å². The Bertz CT molecular complexity index is 1210. The van der Waals surface area contributed by atoms with E-state index in [1.807, 2.05) is 37.4 Å². The summed E-state index contributed by atoms with van der Waals surface area (Å²) in [6, 6.07) is 12.2. The first-order chi connectivity index (χ1) is 14.0. The number of rotatable bonds is 5. The highest BCUT2D eigenvalue weighted by Gasteiger charge is 2.37. The summed E-state index contributed by atoms with van der Waals surface area (Å²) in [7, 11) is 1.59. The van der Waals surface area contributed by atoms with Gasteiger partial charge in [0, 0.05) is 46.6 Å². The number of ether oxygens (including phenoxy) is 1. The molecule has 0 unspecified atom stereocenters. The Hall–Kier alpha value is -3.28. The fourth-order valence-corrected chi connectivity index (χ4v) is 3.63. The molecule has 0 saturated heterocycles. The van der Waals surface area contributed by atoms with E-state index in [0.29, 0.717) is 11.3 Å². The standard InChI is InChI=1S/C23H23N5O/c1-15-4-7-19(18-12-24-28(13-18)14-23(2)8-9-23)22(25-15)17-6-5-16-11-21(29-3)27-26-20(16)10-17/h4-7,10-13H,8-9,14H2,1-3H3. The number of aromatic nitrogens is 5. The van der Waals surface area contributed by atoms with E-state index < -0.39 is 0 Å². The largest absolute Gasteiger partial charge is 0.480 e. The van der Waals surface area contributed by atoms with Gasteiger partial charge in [-0.2, -0.15) is 5.10 Å². The Balaban J connectivity index is 1.57. The van der Waals surface area contributed by atoms with Crippen LogP contribution in [0.3, 0.4) is 0 Å². The van der Waals surface area contributed by atoms with E-state index in [4.69, 9.17) is 9.72 Å². The molecule has 1 aromatic carbocycles. The molecule has 6 nitrogen and oxygen atoms in total. The fourth-order valence-electron chi connectivity index (χ4n) is 3.63. The van der Waals surface area contributed by atoms with Crippen molar-refractivity contribution in [2.75, 3.05) is 7.11 Å². The van der Waals surface area contributed by atoms with Crippen molar-refractivity contribution in [2.45, 2.75) is 33.2 Å². The van der Waals surface area contributed by atoms with Crippen LogP contribution >= 0.6 is 0 Å². The van der Waals surface area contributed by atoms with Crippen LogP contribution in [-0.4, -0.2) is 32.1 Å². The maximum Gasteiger partial charge on any atom is 0.233 e. The van der Waals surface area contributed by atoms with E-state index in [1.165, 1.54) is 12.8 Å². The first-order valence-electron chi connectivity index (χ1n) is 9.85. The summed E-state index contributed by atoms with van der Waals surface area (Å²) in [5.41, 5.74) is 6.30. The van der Waals surface area contributed by atoms with E-state index in [1.54, 1.807) is 7.11 Å². The van der Waals surface area contributed by atoms with Crippen molar-refractivity contribution < 1.29 is 4.74 Å². The second-order valence-corrected chi connectivity index (χ2v) is 8.25. The van der Waals surface area contributed by atoms with Crippen LogP contribution in [0.4, 0.5) is 0 Å². The van der Waals surface area contributed by atoms with Gasteiger partial charge < -0.3 is 4.74 Å². The molecule has 5 rings (SSSR count). The smallest absolute Gasteiger partial charge is 0.233 e. The van der Waals surface area contributed by atoms with Gasteiger partial charge in [0.15, 0.2) is 0 Å². The predicted octanol–water partition coefficient (Wildman–Crippen LogP) is 4.67. The molecule has 1 aliphatic carbocycles. The molecule has 0 atom stereocenters. The minimum atomic E-state index is 0.412. The first-order valence-corrected chi connectivity index (χ1v) is 9.85. The highest BCUT2D eigenvalue weighted by atomic mass is 16.5. The zero-order valence-electron chi connectivity index (χ0n) is 16.9. The number of aryl methyl sites for hydroxylation is 1. The number of nitrogens with zero attached hydrogens (tertiary/aromatic N) is 5. The molecule has 1 aliphatic rings. The van der Waals surface area contributed by atoms with Gasteiger partial charge in [-0.1, -0.05) is 25.1 Å². The van der Waals surface area contributed by atoms with Gasteiger partial charge >= 0.3 is 0 Å². The quantitative estimate of drug-likeness (QED) is 0.499. The molecule has 0 spiro atoms. The van der Waals surface area contributed by atoms with Gasteiger partial charge in [0.05, 0.1) is 24.5 Å². The number of fused-ring (bicyclic) bond motifs is 1. The van der Waals surface area contributed by atoms with Crippen LogP contribution in [0.15, 0.2) is 48.8 Å². The van der Waals surface area contributed by atoms with Crippen molar-refractivity contribution in [3.63, 3.8) is 0 Å². The molecule has 29 heavy (non-hydrogen) atoms. The van der Waals surface area contributed by atoms with Crippen molar-refractivity contribution in [2.24, 2.45) is 5.41 Å². The molecule has 0 N–H and O–H groups in total. The molecule has 0 amide bonds. The Morgan fingerprint density at radius 1 is 1.07 bits per heavy atom. The zero-order chi connectivity index (χ0) is 20.0. The lowest BCUT2D eigenvalue weighted by Crippen LogP contribution is -2.07. The number of pyridine rings is 1. The topological polar surface area (TPSA) is 65.7 Å². The van der Waals surface area contributed by atoms with Gasteiger partial charge in [-0.25, -0.2) is 0 Å². The average molecular weight is 385 g/mol. The third-order valence-corrected chi connectivity index (χ3v) is 5.67. The molecular weight excluding hydrogens is 362 g/mol. The lowest BCUT2D eigenvalue weighted by atomic mass is 10.00. The number of hydrogen-bond acceptors (Lipinski definition) is 5. The molecule has 0 bridgehead atoms. The zero-order valence-corrected chi connectivity index (χ0v) is 16.9. The van der Waals surface area contributed by atoms with Crippen LogP contribution in [0.1, 0.15) is 25.5 Å². The van der Waals surface area contributed by atoms with E-state index in [2.05, 4.69) is 45.2 Å². The highest BCUT2D eigenvalue weighted by Crippen LogP contribution is 2.46. The van der Waals surface area contributed by atoms with Gasteiger partial charge in [0.25, 0.3) is 0 Å². The molecule has 6 heteroatoms. The van der Waals surface area contributed by atoms with E-state index >= 15 is 0 Å². The Morgan fingerprint density at radius 2 is 1.93 bits per heavy atom. The second-order valence-electron chi connectivity index (χ2n) is 8.25. The highest BCUT2D eigenvalue weighted by molar-refractivity contribution is 5.88. The lowest BCUT2D eigenvalue weighted by Gasteiger charge is -2.10. The van der Waals surface area contributed by atoms with Crippen LogP contribution in [0, 0.1) is 12.3 Å². The van der Waals surface area contributed by atoms with Crippen LogP contribution in [0.2, 0.25) is 0 Å². The SMILES string of the molecule is COc1cc2ccc(-c3nc(C)ccc3-c3cnn(CC4(C)CC4)c3)cc2nn1. The molecule has 0 radical (unpaired) electrons. The van der Waals surface area contributed by atoms with Crippen molar-refractivity contribution >= 4 is 10.9 Å². The summed E-state index contributed by atoms with van der Waals surface area (Å²) in [5, 5.41) is 14.0. The predicted molar refractivity (Wildman–Crippen MR) is 113 cm³/mol. The molecule has 0 aliphatic heterocycles. The van der Waals surface area contributed by atoms with Crippen molar-refractivity contribution in [3.8, 4) is 28.3 Å². The van der Waals surface area contributed by atoms with Crippen molar-refractivity contribution in [1.29, 1.82) is 0 Å². The summed E-state index contributed by atoms with van der Waals surface area (Å²) in [4.78, 5) is 4.85. The molecular formula is C23H23N5O. The third kappa shape index (κ3) is 3.46. The molecule has 3 aromatic heterocycles. The van der Waals surface area contributed by atoms with Crippen molar-refractivity contribution in [3.05, 3.63) is 54.5 Å². The summed E-state index contributed by atoms with van der Waals surface area (Å²) >= 11 is 0. The van der Waals surface area contributed by atoms with Crippen LogP contribution in [-0.2, 0) is 6.54 Å². The second kappa shape index (κ2) is 6.65. The minimum Gasteiger partial charge on any atom is -0.480 e. The van der Waals surface area contributed by atoms with Crippen molar-refractivity contribution in [1.82, 2.24) is 25.0 Å². The van der Waals surface area contributed by atoms with Crippen LogP contribution in [0.5, 0.6) is 5.88 Å².